The highest BCUT2D eigenvalue weighted by Gasteiger charge is 2.27. The highest BCUT2D eigenvalue weighted by atomic mass is 32.1. The van der Waals surface area contributed by atoms with E-state index in [1.165, 1.54) is 11.0 Å². The normalized spacial score (nSPS) is 17.1. The number of likely N-dealkylation sites (tertiary alicyclic amines) is 1. The fraction of sp³-hybridized carbons (Fsp3) is 0.412. The summed E-state index contributed by atoms with van der Waals surface area (Å²) in [6.07, 6.45) is 2.28. The number of aryl methyl sites for hydroxylation is 3. The molecule has 0 bridgehead atoms. The Morgan fingerprint density at radius 1 is 1.38 bits per heavy atom. The molecule has 0 aliphatic carbocycles. The SMILES string of the molecule is C=CC(=O)N1CCC(c2cc(Nc3nc(C)c(C)s3)nc(C)n2)C1. The van der Waals surface area contributed by atoms with Crippen LogP contribution in [0.3, 0.4) is 0 Å². The molecule has 6 nitrogen and oxygen atoms in total. The van der Waals surface area contributed by atoms with Crippen LogP contribution in [0.5, 0.6) is 0 Å². The van der Waals surface area contributed by atoms with Gasteiger partial charge in [-0.05, 0) is 33.3 Å². The Bertz CT molecular complexity index is 766. The van der Waals surface area contributed by atoms with Gasteiger partial charge in [0, 0.05) is 30.0 Å². The van der Waals surface area contributed by atoms with Gasteiger partial charge in [-0.2, -0.15) is 0 Å². The summed E-state index contributed by atoms with van der Waals surface area (Å²) in [5.41, 5.74) is 2.00. The molecule has 1 aliphatic rings. The number of nitrogens with zero attached hydrogens (tertiary/aromatic N) is 4. The maximum atomic E-state index is 11.8. The monoisotopic (exact) mass is 343 g/mol. The van der Waals surface area contributed by atoms with E-state index in [2.05, 4.69) is 33.8 Å². The Morgan fingerprint density at radius 3 is 2.83 bits per heavy atom. The lowest BCUT2D eigenvalue weighted by atomic mass is 10.0. The summed E-state index contributed by atoms with van der Waals surface area (Å²) in [7, 11) is 0. The zero-order chi connectivity index (χ0) is 17.3. The second-order valence-corrected chi connectivity index (χ2v) is 7.19. The average Bonchev–Trinajstić information content (AvgIpc) is 3.14. The number of aromatic nitrogens is 3. The molecular weight excluding hydrogens is 322 g/mol. The summed E-state index contributed by atoms with van der Waals surface area (Å²) >= 11 is 1.61. The molecule has 1 N–H and O–H groups in total. The molecule has 0 spiro atoms. The van der Waals surface area contributed by atoms with Gasteiger partial charge in [0.25, 0.3) is 0 Å². The minimum absolute atomic E-state index is 0.0182. The van der Waals surface area contributed by atoms with Crippen molar-refractivity contribution in [1.29, 1.82) is 0 Å². The highest BCUT2D eigenvalue weighted by Crippen LogP contribution is 2.29. The molecule has 24 heavy (non-hydrogen) atoms. The van der Waals surface area contributed by atoms with Gasteiger partial charge in [-0.25, -0.2) is 15.0 Å². The summed E-state index contributed by atoms with van der Waals surface area (Å²) in [5.74, 6) is 1.68. The maximum absolute atomic E-state index is 11.8. The summed E-state index contributed by atoms with van der Waals surface area (Å²) in [6.45, 7) is 10.9. The van der Waals surface area contributed by atoms with Crippen molar-refractivity contribution in [3.63, 3.8) is 0 Å². The fourth-order valence-corrected chi connectivity index (χ4v) is 3.65. The van der Waals surface area contributed by atoms with Gasteiger partial charge in [0.1, 0.15) is 11.6 Å². The summed E-state index contributed by atoms with van der Waals surface area (Å²) in [5, 5.41) is 4.11. The van der Waals surface area contributed by atoms with Crippen LogP contribution in [0, 0.1) is 20.8 Å². The van der Waals surface area contributed by atoms with Gasteiger partial charge in [-0.1, -0.05) is 6.58 Å². The van der Waals surface area contributed by atoms with Crippen LogP contribution in [0.15, 0.2) is 18.7 Å². The van der Waals surface area contributed by atoms with Crippen LogP contribution in [0.4, 0.5) is 10.9 Å². The van der Waals surface area contributed by atoms with Crippen molar-refractivity contribution in [3.05, 3.63) is 40.8 Å². The summed E-state index contributed by atoms with van der Waals surface area (Å²) < 4.78 is 0. The Hall–Kier alpha value is -2.28. The molecule has 1 saturated heterocycles. The number of carbonyl (C=O) groups excluding carboxylic acids is 1. The molecule has 1 amide bonds. The van der Waals surface area contributed by atoms with Gasteiger partial charge in [0.2, 0.25) is 5.91 Å². The predicted octanol–water partition coefficient (Wildman–Crippen LogP) is 3.10. The Morgan fingerprint density at radius 2 is 2.17 bits per heavy atom. The number of amides is 1. The molecular formula is C17H21N5OS. The van der Waals surface area contributed by atoms with Crippen molar-refractivity contribution < 1.29 is 4.79 Å². The molecule has 7 heteroatoms. The first kappa shape index (κ1) is 16.6. The predicted molar refractivity (Wildman–Crippen MR) is 95.8 cm³/mol. The molecule has 1 fully saturated rings. The third-order valence-corrected chi connectivity index (χ3v) is 5.20. The number of rotatable bonds is 4. The summed E-state index contributed by atoms with van der Waals surface area (Å²) in [6, 6.07) is 1.96. The molecule has 1 unspecified atom stereocenters. The molecule has 3 heterocycles. The lowest BCUT2D eigenvalue weighted by Gasteiger charge is -2.14. The first-order valence-electron chi connectivity index (χ1n) is 7.94. The van der Waals surface area contributed by atoms with Crippen LogP contribution in [-0.4, -0.2) is 38.8 Å². The van der Waals surface area contributed by atoms with Crippen molar-refractivity contribution in [3.8, 4) is 0 Å². The van der Waals surface area contributed by atoms with E-state index in [9.17, 15) is 4.79 Å². The third-order valence-electron chi connectivity index (χ3n) is 4.21. The van der Waals surface area contributed by atoms with Crippen molar-refractivity contribution >= 4 is 28.2 Å². The number of hydrogen-bond donors (Lipinski definition) is 1. The van der Waals surface area contributed by atoms with E-state index >= 15 is 0 Å². The second-order valence-electron chi connectivity index (χ2n) is 5.98. The minimum atomic E-state index is -0.0182. The molecule has 2 aromatic rings. The zero-order valence-electron chi connectivity index (χ0n) is 14.2. The van der Waals surface area contributed by atoms with Crippen LogP contribution in [-0.2, 0) is 4.79 Å². The Kier molecular flexibility index (Phi) is 4.62. The largest absolute Gasteiger partial charge is 0.338 e. The molecule has 0 aromatic carbocycles. The molecule has 1 atom stereocenters. The second kappa shape index (κ2) is 6.68. The number of anilines is 2. The molecule has 2 aromatic heterocycles. The maximum Gasteiger partial charge on any atom is 0.245 e. The molecule has 0 saturated carbocycles. The van der Waals surface area contributed by atoms with Crippen LogP contribution >= 0.6 is 11.3 Å². The lowest BCUT2D eigenvalue weighted by Crippen LogP contribution is -2.26. The summed E-state index contributed by atoms with van der Waals surface area (Å²) in [4.78, 5) is 28.3. The van der Waals surface area contributed by atoms with Gasteiger partial charge in [-0.15, -0.1) is 11.3 Å². The van der Waals surface area contributed by atoms with Crippen LogP contribution in [0.2, 0.25) is 0 Å². The first-order chi connectivity index (χ1) is 11.5. The highest BCUT2D eigenvalue weighted by molar-refractivity contribution is 7.15. The number of hydrogen-bond acceptors (Lipinski definition) is 6. The Balaban J connectivity index is 1.79. The van der Waals surface area contributed by atoms with Crippen molar-refractivity contribution in [2.45, 2.75) is 33.1 Å². The molecule has 3 rings (SSSR count). The van der Waals surface area contributed by atoms with E-state index < -0.39 is 0 Å². The smallest absolute Gasteiger partial charge is 0.245 e. The van der Waals surface area contributed by atoms with Crippen molar-refractivity contribution in [1.82, 2.24) is 19.9 Å². The van der Waals surface area contributed by atoms with Gasteiger partial charge < -0.3 is 10.2 Å². The van der Waals surface area contributed by atoms with E-state index in [0.29, 0.717) is 12.4 Å². The topological polar surface area (TPSA) is 71.0 Å². The minimum Gasteiger partial charge on any atom is -0.338 e. The average molecular weight is 343 g/mol. The number of thiazole rings is 1. The first-order valence-corrected chi connectivity index (χ1v) is 8.76. The van der Waals surface area contributed by atoms with Gasteiger partial charge in [0.05, 0.1) is 11.4 Å². The van der Waals surface area contributed by atoms with E-state index in [4.69, 9.17) is 0 Å². The molecule has 126 valence electrons. The van der Waals surface area contributed by atoms with Crippen LogP contribution in [0.1, 0.15) is 34.4 Å². The quantitative estimate of drug-likeness (QED) is 0.864. The van der Waals surface area contributed by atoms with Gasteiger partial charge in [-0.3, -0.25) is 4.79 Å². The van der Waals surface area contributed by atoms with Gasteiger partial charge >= 0.3 is 0 Å². The van der Waals surface area contributed by atoms with Crippen LogP contribution in [0.25, 0.3) is 0 Å². The van der Waals surface area contributed by atoms with Crippen LogP contribution < -0.4 is 5.32 Å². The van der Waals surface area contributed by atoms with Crippen molar-refractivity contribution in [2.75, 3.05) is 18.4 Å². The standard InChI is InChI=1S/C17H21N5OS/c1-5-16(23)22-7-6-13(9-22)14-8-15(20-12(4)19-14)21-17-18-10(2)11(3)24-17/h5,8,13H,1,6-7,9H2,2-4H3,(H,18,19,20,21). The lowest BCUT2D eigenvalue weighted by molar-refractivity contribution is -0.125. The zero-order valence-corrected chi connectivity index (χ0v) is 15.0. The molecule has 1 aliphatic heterocycles. The number of nitrogens with one attached hydrogen (secondary N) is 1. The van der Waals surface area contributed by atoms with E-state index in [0.717, 1.165) is 35.3 Å². The van der Waals surface area contributed by atoms with E-state index in [-0.39, 0.29) is 11.8 Å². The van der Waals surface area contributed by atoms with E-state index in [1.807, 2.05) is 24.8 Å². The third kappa shape index (κ3) is 3.46. The van der Waals surface area contributed by atoms with E-state index in [1.54, 1.807) is 11.3 Å². The fourth-order valence-electron chi connectivity index (χ4n) is 2.83. The van der Waals surface area contributed by atoms with Crippen molar-refractivity contribution in [2.24, 2.45) is 0 Å². The van der Waals surface area contributed by atoms with Gasteiger partial charge in [0.15, 0.2) is 5.13 Å². The number of carbonyl (C=O) groups is 1. The molecule has 0 radical (unpaired) electrons. The Labute approximate surface area is 145 Å².